The van der Waals surface area contributed by atoms with E-state index < -0.39 is 17.7 Å². The van der Waals surface area contributed by atoms with Gasteiger partial charge in [-0.2, -0.15) is 13.2 Å². The predicted octanol–water partition coefficient (Wildman–Crippen LogP) is 4.84. The molecule has 2 aromatic carbocycles. The van der Waals surface area contributed by atoms with Gasteiger partial charge in [-0.3, -0.25) is 4.79 Å². The molecule has 0 radical (unpaired) electrons. The molecule has 4 rings (SSSR count). The van der Waals surface area contributed by atoms with E-state index in [2.05, 4.69) is 10.3 Å². The zero-order valence-electron chi connectivity index (χ0n) is 16.5. The molecule has 0 atom stereocenters. The smallest absolute Gasteiger partial charge is 0.355 e. The Morgan fingerprint density at radius 3 is 2.10 bits per heavy atom. The molecule has 0 aliphatic carbocycles. The molecule has 4 aromatic rings. The molecule has 0 spiro atoms. The minimum Gasteiger partial charge on any atom is -0.355 e. The average Bonchev–Trinajstić information content (AvgIpc) is 3.17. The largest absolute Gasteiger partial charge is 0.417 e. The third-order valence-electron chi connectivity index (χ3n) is 5.04. The van der Waals surface area contributed by atoms with Crippen LogP contribution in [0, 0.1) is 0 Å². The van der Waals surface area contributed by atoms with Gasteiger partial charge in [0.15, 0.2) is 0 Å². The highest BCUT2D eigenvalue weighted by Crippen LogP contribution is 2.29. The van der Waals surface area contributed by atoms with E-state index in [1.54, 1.807) is 6.20 Å². The summed E-state index contributed by atoms with van der Waals surface area (Å²) in [7, 11) is 0. The summed E-state index contributed by atoms with van der Waals surface area (Å²) in [5.74, 6) is -0.585. The number of nitrogens with one attached hydrogen (secondary N) is 1. The number of aromatic nitrogens is 2. The van der Waals surface area contributed by atoms with Crippen molar-refractivity contribution in [3.05, 3.63) is 108 Å². The van der Waals surface area contributed by atoms with Gasteiger partial charge in [-0.25, -0.2) is 4.98 Å². The molecule has 2 aromatic heterocycles. The van der Waals surface area contributed by atoms with E-state index >= 15 is 0 Å². The van der Waals surface area contributed by atoms with Crippen LogP contribution in [0.1, 0.15) is 28.3 Å². The minimum absolute atomic E-state index is 0.138. The number of amides is 1. The second-order valence-electron chi connectivity index (χ2n) is 7.21. The Hall–Kier alpha value is -3.61. The number of carbonyl (C=O) groups is 1. The first-order valence-electron chi connectivity index (χ1n) is 9.84. The summed E-state index contributed by atoms with van der Waals surface area (Å²) in [6.07, 6.45) is -1.42. The Morgan fingerprint density at radius 1 is 0.903 bits per heavy atom. The molecule has 1 amide bonds. The van der Waals surface area contributed by atoms with Gasteiger partial charge in [-0.1, -0.05) is 60.7 Å². The SMILES string of the molecule is O=C(NCCc1cn2cc(C(F)(F)F)ccc2n1)C(c1ccccc1)c1ccccc1. The lowest BCUT2D eigenvalue weighted by molar-refractivity contribution is -0.137. The van der Waals surface area contributed by atoms with Crippen molar-refractivity contribution in [3.8, 4) is 0 Å². The first-order chi connectivity index (χ1) is 14.9. The van der Waals surface area contributed by atoms with Crippen LogP contribution < -0.4 is 5.32 Å². The number of hydrogen-bond acceptors (Lipinski definition) is 2. The maximum Gasteiger partial charge on any atom is 0.417 e. The molecule has 4 nitrogen and oxygen atoms in total. The van der Waals surface area contributed by atoms with Crippen LogP contribution in [0.4, 0.5) is 13.2 Å². The molecule has 31 heavy (non-hydrogen) atoms. The average molecular weight is 423 g/mol. The van der Waals surface area contributed by atoms with E-state index in [1.807, 2.05) is 60.7 Å². The van der Waals surface area contributed by atoms with E-state index in [9.17, 15) is 18.0 Å². The van der Waals surface area contributed by atoms with Gasteiger partial charge in [0.1, 0.15) is 5.65 Å². The molecule has 0 aliphatic heterocycles. The van der Waals surface area contributed by atoms with Crippen molar-refractivity contribution >= 4 is 11.6 Å². The normalized spacial score (nSPS) is 11.7. The van der Waals surface area contributed by atoms with Gasteiger partial charge in [0.2, 0.25) is 5.91 Å². The van der Waals surface area contributed by atoms with Crippen LogP contribution >= 0.6 is 0 Å². The summed E-state index contributed by atoms with van der Waals surface area (Å²) in [5.41, 5.74) is 2.08. The van der Waals surface area contributed by atoms with E-state index in [4.69, 9.17) is 0 Å². The summed E-state index contributed by atoms with van der Waals surface area (Å²) in [4.78, 5) is 17.3. The quantitative estimate of drug-likeness (QED) is 0.482. The fourth-order valence-electron chi connectivity index (χ4n) is 3.53. The molecule has 2 heterocycles. The zero-order chi connectivity index (χ0) is 21.8. The molecular formula is C24H20F3N3O. The summed E-state index contributed by atoms with van der Waals surface area (Å²) < 4.78 is 40.0. The molecule has 0 saturated heterocycles. The van der Waals surface area contributed by atoms with E-state index in [1.165, 1.54) is 10.5 Å². The monoisotopic (exact) mass is 423 g/mol. The highest BCUT2D eigenvalue weighted by Gasteiger charge is 2.30. The summed E-state index contributed by atoms with van der Waals surface area (Å²) in [5, 5.41) is 2.94. The lowest BCUT2D eigenvalue weighted by Gasteiger charge is -2.17. The number of benzene rings is 2. The number of carbonyl (C=O) groups excluding carboxylic acids is 1. The highest BCUT2D eigenvalue weighted by molar-refractivity contribution is 5.87. The highest BCUT2D eigenvalue weighted by atomic mass is 19.4. The van der Waals surface area contributed by atoms with Crippen LogP contribution in [0.25, 0.3) is 5.65 Å². The van der Waals surface area contributed by atoms with Crippen molar-refractivity contribution in [1.29, 1.82) is 0 Å². The molecule has 0 unspecified atom stereocenters. The summed E-state index contributed by atoms with van der Waals surface area (Å²) >= 11 is 0. The number of fused-ring (bicyclic) bond motifs is 1. The van der Waals surface area contributed by atoms with Crippen LogP contribution in [-0.4, -0.2) is 21.8 Å². The van der Waals surface area contributed by atoms with Gasteiger partial charge in [-0.15, -0.1) is 0 Å². The van der Waals surface area contributed by atoms with Crippen LogP contribution in [-0.2, 0) is 17.4 Å². The number of halogens is 3. The molecule has 1 N–H and O–H groups in total. The van der Waals surface area contributed by atoms with Crippen LogP contribution in [0.3, 0.4) is 0 Å². The second-order valence-corrected chi connectivity index (χ2v) is 7.21. The third-order valence-corrected chi connectivity index (χ3v) is 5.04. The molecule has 0 bridgehead atoms. The van der Waals surface area contributed by atoms with Crippen molar-refractivity contribution in [2.45, 2.75) is 18.5 Å². The number of imidazole rings is 1. The van der Waals surface area contributed by atoms with Crippen LogP contribution in [0.5, 0.6) is 0 Å². The van der Waals surface area contributed by atoms with Crippen molar-refractivity contribution in [2.75, 3.05) is 6.54 Å². The Morgan fingerprint density at radius 2 is 1.52 bits per heavy atom. The van der Waals surface area contributed by atoms with Gasteiger partial charge in [0.05, 0.1) is 17.2 Å². The Kier molecular flexibility index (Phi) is 5.75. The van der Waals surface area contributed by atoms with E-state index in [-0.39, 0.29) is 5.91 Å². The summed E-state index contributed by atoms with van der Waals surface area (Å²) in [6, 6.07) is 21.4. The molecular weight excluding hydrogens is 403 g/mol. The fraction of sp³-hybridized carbons (Fsp3) is 0.167. The Bertz CT molecular complexity index is 1130. The Balaban J connectivity index is 1.46. The van der Waals surface area contributed by atoms with Crippen molar-refractivity contribution < 1.29 is 18.0 Å². The van der Waals surface area contributed by atoms with Crippen molar-refractivity contribution in [3.63, 3.8) is 0 Å². The number of alkyl halides is 3. The number of nitrogens with zero attached hydrogens (tertiary/aromatic N) is 2. The number of pyridine rings is 1. The molecule has 0 aliphatic rings. The lowest BCUT2D eigenvalue weighted by Crippen LogP contribution is -2.31. The van der Waals surface area contributed by atoms with Gasteiger partial charge in [0, 0.05) is 25.4 Å². The predicted molar refractivity (Wildman–Crippen MR) is 112 cm³/mol. The molecule has 158 valence electrons. The Labute approximate surface area is 177 Å². The summed E-state index contributed by atoms with van der Waals surface area (Å²) in [6.45, 7) is 0.324. The topological polar surface area (TPSA) is 46.4 Å². The van der Waals surface area contributed by atoms with Gasteiger partial charge in [-0.05, 0) is 23.3 Å². The molecule has 0 fully saturated rings. The van der Waals surface area contributed by atoms with Gasteiger partial charge in [0.25, 0.3) is 0 Å². The van der Waals surface area contributed by atoms with E-state index in [0.29, 0.717) is 24.3 Å². The van der Waals surface area contributed by atoms with Gasteiger partial charge >= 0.3 is 6.18 Å². The first-order valence-corrected chi connectivity index (χ1v) is 9.84. The molecule has 0 saturated carbocycles. The maximum atomic E-state index is 13.0. The molecule has 7 heteroatoms. The van der Waals surface area contributed by atoms with Crippen molar-refractivity contribution in [1.82, 2.24) is 14.7 Å². The van der Waals surface area contributed by atoms with Crippen molar-refractivity contribution in [2.24, 2.45) is 0 Å². The zero-order valence-corrected chi connectivity index (χ0v) is 16.5. The fourth-order valence-corrected chi connectivity index (χ4v) is 3.53. The lowest BCUT2D eigenvalue weighted by atomic mass is 9.90. The maximum absolute atomic E-state index is 13.0. The minimum atomic E-state index is -4.41. The number of hydrogen-bond donors (Lipinski definition) is 1. The number of rotatable bonds is 6. The van der Waals surface area contributed by atoms with Crippen LogP contribution in [0.2, 0.25) is 0 Å². The second kappa shape index (κ2) is 8.63. The van der Waals surface area contributed by atoms with E-state index in [0.717, 1.165) is 23.4 Å². The first kappa shape index (κ1) is 20.7. The van der Waals surface area contributed by atoms with Crippen LogP contribution in [0.15, 0.2) is 85.2 Å². The third kappa shape index (κ3) is 4.77. The standard InChI is InChI=1S/C24H20F3N3O/c25-24(26,27)19-11-12-21-29-20(16-30(21)15-19)13-14-28-23(31)22(17-7-3-1-4-8-17)18-9-5-2-6-10-18/h1-12,15-16,22H,13-14H2,(H,28,31). The van der Waals surface area contributed by atoms with Gasteiger partial charge < -0.3 is 9.72 Å².